The molecule has 0 aliphatic carbocycles. The highest BCUT2D eigenvalue weighted by Gasteiger charge is 2.54. The standard InChI is InChI=1S/C24H19F3N4O9/c25-24(26,27)21(36)39-20(35)23(10-18(32)33)9-16(31-40-23)15-7-13(8-17-14(15)5-6-37-17)38-19(34)11-1-3-12(4-2-11)30-22(28)29/h1-4,7-8H,5-6,9-10H2,(H,32,33)(H4,28,29,30). The Morgan fingerprint density at radius 2 is 1.88 bits per heavy atom. The lowest BCUT2D eigenvalue weighted by molar-refractivity contribution is -0.209. The summed E-state index contributed by atoms with van der Waals surface area (Å²) in [7, 11) is 0. The number of oxime groups is 1. The molecular weight excluding hydrogens is 545 g/mol. The highest BCUT2D eigenvalue weighted by atomic mass is 19.4. The van der Waals surface area contributed by atoms with Crippen LogP contribution >= 0.6 is 0 Å². The number of rotatable bonds is 7. The molecule has 0 bridgehead atoms. The second kappa shape index (κ2) is 10.5. The van der Waals surface area contributed by atoms with Crippen molar-refractivity contribution in [3.63, 3.8) is 0 Å². The van der Waals surface area contributed by atoms with Gasteiger partial charge >= 0.3 is 30.1 Å². The maximum Gasteiger partial charge on any atom is 0.491 e. The van der Waals surface area contributed by atoms with Gasteiger partial charge in [-0.3, -0.25) is 10.2 Å². The number of nitrogens with one attached hydrogen (secondary N) is 2. The predicted octanol–water partition coefficient (Wildman–Crippen LogP) is 2.12. The first kappa shape index (κ1) is 27.9. The topological polar surface area (TPSA) is 200 Å². The zero-order valence-corrected chi connectivity index (χ0v) is 20.2. The van der Waals surface area contributed by atoms with Gasteiger partial charge in [0, 0.05) is 35.7 Å². The maximum atomic E-state index is 12.7. The van der Waals surface area contributed by atoms with E-state index < -0.39 is 48.5 Å². The predicted molar refractivity (Wildman–Crippen MR) is 127 cm³/mol. The van der Waals surface area contributed by atoms with Crippen LogP contribution in [0.1, 0.15) is 34.3 Å². The van der Waals surface area contributed by atoms with Gasteiger partial charge in [-0.1, -0.05) is 5.16 Å². The number of hydrogen-bond acceptors (Lipinski definition) is 10. The maximum absolute atomic E-state index is 12.7. The molecule has 0 aromatic heterocycles. The minimum Gasteiger partial charge on any atom is -0.493 e. The zero-order chi connectivity index (χ0) is 29.2. The smallest absolute Gasteiger partial charge is 0.491 e. The minimum absolute atomic E-state index is 0.0279. The molecule has 1 unspecified atom stereocenters. The van der Waals surface area contributed by atoms with Crippen molar-refractivity contribution in [3.05, 3.63) is 53.1 Å². The average molecular weight is 564 g/mol. The molecule has 2 aromatic carbocycles. The summed E-state index contributed by atoms with van der Waals surface area (Å²) in [5.41, 5.74) is 3.98. The third-order valence-electron chi connectivity index (χ3n) is 5.72. The van der Waals surface area contributed by atoms with Crippen LogP contribution < -0.4 is 20.5 Å². The lowest BCUT2D eigenvalue weighted by Crippen LogP contribution is -2.45. The van der Waals surface area contributed by atoms with Crippen LogP contribution in [0.3, 0.4) is 0 Å². The highest BCUT2D eigenvalue weighted by Crippen LogP contribution is 2.39. The Morgan fingerprint density at radius 1 is 1.18 bits per heavy atom. The molecule has 2 heterocycles. The number of guanidine groups is 1. The number of ether oxygens (including phenoxy) is 3. The summed E-state index contributed by atoms with van der Waals surface area (Å²) in [6.45, 7) is 0.223. The summed E-state index contributed by atoms with van der Waals surface area (Å²) in [5.74, 6) is -7.17. The van der Waals surface area contributed by atoms with E-state index in [1.807, 2.05) is 0 Å². The monoisotopic (exact) mass is 564 g/mol. The molecule has 0 spiro atoms. The van der Waals surface area contributed by atoms with Gasteiger partial charge in [0.2, 0.25) is 5.60 Å². The molecule has 0 radical (unpaired) electrons. The van der Waals surface area contributed by atoms with E-state index in [4.69, 9.17) is 25.5 Å². The van der Waals surface area contributed by atoms with Crippen molar-refractivity contribution in [2.45, 2.75) is 31.0 Å². The number of anilines is 1. The molecule has 40 heavy (non-hydrogen) atoms. The van der Waals surface area contributed by atoms with E-state index in [0.717, 1.165) is 0 Å². The molecule has 0 saturated carbocycles. The summed E-state index contributed by atoms with van der Waals surface area (Å²) in [6.07, 6.45) is -7.00. The quantitative estimate of drug-likeness (QED) is 0.126. The SMILES string of the molecule is N=C(N)Nc1ccc(C(=O)Oc2cc3c(c(C4=NOC(CC(=O)O)(C(=O)OC(=O)C(F)(F)F)C4)c2)CCO3)cc1. The van der Waals surface area contributed by atoms with Crippen molar-refractivity contribution < 1.29 is 56.5 Å². The minimum atomic E-state index is -5.51. The third-order valence-corrected chi connectivity index (χ3v) is 5.72. The fraction of sp³-hybridized carbons (Fsp3) is 0.250. The van der Waals surface area contributed by atoms with Crippen LogP contribution in [-0.4, -0.2) is 59.0 Å². The van der Waals surface area contributed by atoms with Gasteiger partial charge in [0.15, 0.2) is 5.96 Å². The largest absolute Gasteiger partial charge is 0.493 e. The van der Waals surface area contributed by atoms with Crippen molar-refractivity contribution in [2.75, 3.05) is 11.9 Å². The molecule has 5 N–H and O–H groups in total. The van der Waals surface area contributed by atoms with E-state index in [9.17, 15) is 37.5 Å². The first-order chi connectivity index (χ1) is 18.8. The van der Waals surface area contributed by atoms with Gasteiger partial charge in [0.25, 0.3) is 0 Å². The highest BCUT2D eigenvalue weighted by molar-refractivity contribution is 6.08. The fourth-order valence-corrected chi connectivity index (χ4v) is 3.97. The van der Waals surface area contributed by atoms with Gasteiger partial charge in [-0.15, -0.1) is 0 Å². The number of carboxylic acid groups (broad SMARTS) is 1. The van der Waals surface area contributed by atoms with E-state index in [1.54, 1.807) is 0 Å². The number of halogens is 3. The van der Waals surface area contributed by atoms with E-state index in [-0.39, 0.29) is 40.9 Å². The Kier molecular flexibility index (Phi) is 7.35. The van der Waals surface area contributed by atoms with E-state index in [0.29, 0.717) is 17.7 Å². The number of nitrogens with zero attached hydrogens (tertiary/aromatic N) is 1. The molecule has 210 valence electrons. The lowest BCUT2D eigenvalue weighted by atomic mass is 9.89. The summed E-state index contributed by atoms with van der Waals surface area (Å²) in [6, 6.07) is 8.59. The van der Waals surface area contributed by atoms with Crippen LogP contribution in [0.4, 0.5) is 18.9 Å². The van der Waals surface area contributed by atoms with Crippen molar-refractivity contribution in [1.29, 1.82) is 5.41 Å². The van der Waals surface area contributed by atoms with Crippen molar-refractivity contribution in [1.82, 2.24) is 0 Å². The van der Waals surface area contributed by atoms with Crippen LogP contribution in [0.15, 0.2) is 41.6 Å². The first-order valence-corrected chi connectivity index (χ1v) is 11.3. The molecule has 0 saturated heterocycles. The van der Waals surface area contributed by atoms with Gasteiger partial charge in [0.1, 0.15) is 11.5 Å². The first-order valence-electron chi connectivity index (χ1n) is 11.3. The number of carbonyl (C=O) groups is 4. The normalized spacial score (nSPS) is 17.5. The average Bonchev–Trinajstić information content (AvgIpc) is 3.50. The van der Waals surface area contributed by atoms with Gasteiger partial charge in [0.05, 0.1) is 24.3 Å². The number of alkyl halides is 3. The Hall–Kier alpha value is -5.15. The molecule has 2 aliphatic heterocycles. The number of aliphatic carboxylic acids is 1. The fourth-order valence-electron chi connectivity index (χ4n) is 3.97. The third kappa shape index (κ3) is 5.95. The second-order valence-corrected chi connectivity index (χ2v) is 8.60. The Bertz CT molecular complexity index is 1440. The lowest BCUT2D eigenvalue weighted by Gasteiger charge is -2.22. The molecule has 0 fully saturated rings. The summed E-state index contributed by atoms with van der Waals surface area (Å²) >= 11 is 0. The molecule has 2 aromatic rings. The summed E-state index contributed by atoms with van der Waals surface area (Å²) < 4.78 is 52.7. The van der Waals surface area contributed by atoms with Crippen LogP contribution in [0.25, 0.3) is 0 Å². The molecule has 4 rings (SSSR count). The van der Waals surface area contributed by atoms with Crippen molar-refractivity contribution >= 4 is 41.2 Å². The van der Waals surface area contributed by atoms with Crippen molar-refractivity contribution in [3.8, 4) is 11.5 Å². The van der Waals surface area contributed by atoms with Crippen LogP contribution in [-0.2, 0) is 30.4 Å². The number of carbonyl (C=O) groups excluding carboxylic acids is 3. The van der Waals surface area contributed by atoms with Crippen LogP contribution in [0, 0.1) is 5.41 Å². The van der Waals surface area contributed by atoms with Gasteiger partial charge in [-0.05, 0) is 30.3 Å². The van der Waals surface area contributed by atoms with Crippen LogP contribution in [0.2, 0.25) is 0 Å². The molecule has 16 heteroatoms. The molecule has 0 amide bonds. The Morgan fingerprint density at radius 3 is 2.50 bits per heavy atom. The number of benzene rings is 2. The van der Waals surface area contributed by atoms with E-state index in [2.05, 4.69) is 15.2 Å². The molecular formula is C24H19F3N4O9. The number of fused-ring (bicyclic) bond motifs is 1. The molecule has 13 nitrogen and oxygen atoms in total. The number of carboxylic acids is 1. The second-order valence-electron chi connectivity index (χ2n) is 8.60. The number of nitrogens with two attached hydrogens (primary N) is 1. The van der Waals surface area contributed by atoms with Crippen molar-refractivity contribution in [2.24, 2.45) is 10.9 Å². The van der Waals surface area contributed by atoms with Gasteiger partial charge in [-0.2, -0.15) is 13.2 Å². The number of esters is 3. The van der Waals surface area contributed by atoms with Gasteiger partial charge in [-0.25, -0.2) is 14.4 Å². The number of hydrogen-bond donors (Lipinski definition) is 4. The molecule has 2 aliphatic rings. The summed E-state index contributed by atoms with van der Waals surface area (Å²) in [4.78, 5) is 52.9. The van der Waals surface area contributed by atoms with E-state index in [1.165, 1.54) is 36.4 Å². The summed E-state index contributed by atoms with van der Waals surface area (Å²) in [5, 5.41) is 22.8. The van der Waals surface area contributed by atoms with E-state index >= 15 is 0 Å². The Labute approximate surface area is 222 Å². The van der Waals surface area contributed by atoms with Gasteiger partial charge < -0.3 is 35.2 Å². The Balaban J connectivity index is 1.59. The van der Waals surface area contributed by atoms with Crippen LogP contribution in [0.5, 0.6) is 11.5 Å². The zero-order valence-electron chi connectivity index (χ0n) is 20.2. The molecule has 1 atom stereocenters.